The Labute approximate surface area is 281 Å². The van der Waals surface area contributed by atoms with Gasteiger partial charge in [-0.25, -0.2) is 24.9 Å². The molecule has 0 bridgehead atoms. The molecule has 240 valence electrons. The highest BCUT2D eigenvalue weighted by atomic mass is 35.5. The summed E-state index contributed by atoms with van der Waals surface area (Å²) in [5.41, 5.74) is 8.04. The van der Waals surface area contributed by atoms with Crippen molar-refractivity contribution in [1.82, 2.24) is 49.1 Å². The molecular weight excluding hydrogens is 624 g/mol. The highest BCUT2D eigenvalue weighted by molar-refractivity contribution is 6.32. The fourth-order valence-electron chi connectivity index (χ4n) is 4.85. The minimum atomic E-state index is -0.241. The Bertz CT molecular complexity index is 2480. The minimum Gasteiger partial charge on any atom is -0.303 e. The molecule has 6 aromatic heterocycles. The van der Waals surface area contributed by atoms with Gasteiger partial charge in [-0.05, 0) is 20.8 Å². The smallest absolute Gasteiger partial charge is 0.276 e. The van der Waals surface area contributed by atoms with Gasteiger partial charge in [-0.3, -0.25) is 4.79 Å². The van der Waals surface area contributed by atoms with E-state index in [9.17, 15) is 4.79 Å². The molecule has 12 heteroatoms. The first-order chi connectivity index (χ1) is 22.9. The maximum atomic E-state index is 12.3. The van der Waals surface area contributed by atoms with E-state index in [0.29, 0.717) is 44.5 Å². The lowest BCUT2D eigenvalue weighted by Gasteiger charge is -2.06. The van der Waals surface area contributed by atoms with E-state index in [0.717, 1.165) is 34.6 Å². The number of hydrogen-bond donors (Lipinski definition) is 1. The van der Waals surface area contributed by atoms with Gasteiger partial charge >= 0.3 is 0 Å². The highest BCUT2D eigenvalue weighted by Crippen LogP contribution is 2.26. The van der Waals surface area contributed by atoms with Crippen LogP contribution in [0, 0.1) is 25.7 Å². The van der Waals surface area contributed by atoms with Crippen LogP contribution in [0.15, 0.2) is 90.0 Å². The molecule has 2 aromatic carbocycles. The fourth-order valence-corrected chi connectivity index (χ4v) is 5.08. The van der Waals surface area contributed by atoms with E-state index in [2.05, 4.69) is 51.9 Å². The number of H-pyrrole nitrogens is 1. The number of nitrogens with one attached hydrogen (secondary N) is 1. The Hall–Kier alpha value is -5.99. The largest absolute Gasteiger partial charge is 0.303 e. The first-order valence-corrected chi connectivity index (χ1v) is 15.2. The molecule has 8 rings (SSSR count). The second kappa shape index (κ2) is 14.6. The number of nitrogens with zero attached hydrogens (tertiary/aromatic N) is 9. The average molecular weight is 657 g/mol. The molecule has 0 saturated heterocycles. The summed E-state index contributed by atoms with van der Waals surface area (Å²) in [4.78, 5) is 37.3. The van der Waals surface area contributed by atoms with E-state index in [1.165, 1.54) is 0 Å². The molecule has 0 unspecified atom stereocenters. The number of aromatic amines is 1. The number of hydrogen-bond acceptors (Lipinski definition) is 8. The van der Waals surface area contributed by atoms with Crippen LogP contribution in [-0.2, 0) is 0 Å². The quantitative estimate of drug-likeness (QED) is 0.192. The SMILES string of the molecule is C.CC#CCC.Cc1cc2ncc3nc(-c4ccccc4)c(=O)[nH]c3n2n1.Cc1cc2ncc3nc(-c4ccccc4)c(Cl)nc3n2n1. The number of rotatable bonds is 2. The summed E-state index contributed by atoms with van der Waals surface area (Å²) in [5, 5.41) is 9.06. The van der Waals surface area contributed by atoms with Crippen LogP contribution < -0.4 is 5.56 Å². The van der Waals surface area contributed by atoms with Crippen molar-refractivity contribution < 1.29 is 0 Å². The third kappa shape index (κ3) is 6.89. The number of halogens is 1. The summed E-state index contributed by atoms with van der Waals surface area (Å²) in [5.74, 6) is 5.63. The van der Waals surface area contributed by atoms with E-state index in [4.69, 9.17) is 11.6 Å². The summed E-state index contributed by atoms with van der Waals surface area (Å²) in [6.45, 7) is 7.68. The van der Waals surface area contributed by atoms with Crippen molar-refractivity contribution in [2.75, 3.05) is 0 Å². The Morgan fingerprint density at radius 1 is 0.771 bits per heavy atom. The molecule has 8 aromatic rings. The molecule has 0 aliphatic rings. The molecule has 0 atom stereocenters. The molecule has 11 nitrogen and oxygen atoms in total. The molecule has 0 spiro atoms. The van der Waals surface area contributed by atoms with Crippen molar-refractivity contribution in [3.8, 4) is 34.4 Å². The van der Waals surface area contributed by atoms with Crippen LogP contribution in [0.1, 0.15) is 39.1 Å². The molecule has 0 fully saturated rings. The number of fused-ring (bicyclic) bond motifs is 6. The summed E-state index contributed by atoms with van der Waals surface area (Å²) >= 11 is 6.31. The standard InChI is InChI=1S/C15H10ClN5.C15H11N5O.C5H8.CH4/c1-9-7-12-17-8-11-15(21(12)20-9)19-14(16)13(18-11)10-5-3-2-4-6-10;1-9-7-12-16-8-11-14(20(12)19-9)18-15(21)13(17-11)10-5-3-2-4-6-10;1-3-5-4-2;/h2-8H,1H3;2-8H,1H3,(H,18,21);3H2,1-2H3;1H4. The lowest BCUT2D eigenvalue weighted by atomic mass is 10.1. The van der Waals surface area contributed by atoms with Crippen molar-refractivity contribution in [1.29, 1.82) is 0 Å². The Kier molecular flexibility index (Phi) is 10.2. The third-order valence-electron chi connectivity index (χ3n) is 6.91. The molecular formula is C36H33ClN10O. The summed E-state index contributed by atoms with van der Waals surface area (Å²) < 4.78 is 3.27. The summed E-state index contributed by atoms with van der Waals surface area (Å²) in [6, 6.07) is 22.8. The molecule has 0 aliphatic carbocycles. The van der Waals surface area contributed by atoms with Gasteiger partial charge in [-0.15, -0.1) is 11.8 Å². The summed E-state index contributed by atoms with van der Waals surface area (Å²) in [6.07, 6.45) is 4.33. The van der Waals surface area contributed by atoms with Crippen LogP contribution in [0.4, 0.5) is 0 Å². The Morgan fingerprint density at radius 3 is 1.90 bits per heavy atom. The van der Waals surface area contributed by atoms with E-state index >= 15 is 0 Å². The molecule has 0 amide bonds. The molecule has 0 aliphatic heterocycles. The average Bonchev–Trinajstić information content (AvgIpc) is 3.67. The maximum Gasteiger partial charge on any atom is 0.276 e. The fraction of sp³-hybridized carbons (Fsp3) is 0.167. The van der Waals surface area contributed by atoms with E-state index in [1.54, 1.807) is 21.4 Å². The van der Waals surface area contributed by atoms with Crippen molar-refractivity contribution >= 4 is 45.2 Å². The topological polar surface area (TPSA) is 132 Å². The van der Waals surface area contributed by atoms with Crippen molar-refractivity contribution in [3.05, 3.63) is 112 Å². The van der Waals surface area contributed by atoms with Crippen LogP contribution >= 0.6 is 11.6 Å². The van der Waals surface area contributed by atoms with E-state index in [-0.39, 0.29) is 13.0 Å². The first-order valence-electron chi connectivity index (χ1n) is 14.8. The van der Waals surface area contributed by atoms with Gasteiger partial charge in [0.2, 0.25) is 0 Å². The second-order valence-corrected chi connectivity index (χ2v) is 10.7. The molecule has 48 heavy (non-hydrogen) atoms. The minimum absolute atomic E-state index is 0. The lowest BCUT2D eigenvalue weighted by molar-refractivity contribution is 0.929. The van der Waals surface area contributed by atoms with Crippen molar-refractivity contribution in [2.45, 2.75) is 41.5 Å². The van der Waals surface area contributed by atoms with Gasteiger partial charge < -0.3 is 4.98 Å². The predicted molar refractivity (Wildman–Crippen MR) is 191 cm³/mol. The summed E-state index contributed by atoms with van der Waals surface area (Å²) in [7, 11) is 0. The number of aromatic nitrogens is 10. The molecule has 6 heterocycles. The predicted octanol–water partition coefficient (Wildman–Crippen LogP) is 7.30. The van der Waals surface area contributed by atoms with E-state index in [1.807, 2.05) is 100 Å². The van der Waals surface area contributed by atoms with Gasteiger partial charge in [-0.1, -0.05) is 86.6 Å². The monoisotopic (exact) mass is 656 g/mol. The molecule has 0 saturated carbocycles. The first kappa shape index (κ1) is 33.4. The normalized spacial score (nSPS) is 10.4. The van der Waals surface area contributed by atoms with Crippen LogP contribution in [0.25, 0.3) is 56.1 Å². The van der Waals surface area contributed by atoms with Crippen LogP contribution in [0.2, 0.25) is 5.15 Å². The van der Waals surface area contributed by atoms with Gasteiger partial charge in [-0.2, -0.15) is 19.2 Å². The second-order valence-electron chi connectivity index (χ2n) is 10.4. The molecule has 0 radical (unpaired) electrons. The maximum absolute atomic E-state index is 12.3. The third-order valence-corrected chi connectivity index (χ3v) is 7.17. The zero-order chi connectivity index (χ0) is 32.9. The Balaban J connectivity index is 0.000000162. The Morgan fingerprint density at radius 2 is 1.31 bits per heavy atom. The van der Waals surface area contributed by atoms with Gasteiger partial charge in [0, 0.05) is 29.7 Å². The van der Waals surface area contributed by atoms with E-state index < -0.39 is 0 Å². The van der Waals surface area contributed by atoms with Crippen molar-refractivity contribution in [2.24, 2.45) is 0 Å². The van der Waals surface area contributed by atoms with Crippen LogP contribution in [-0.4, -0.2) is 49.1 Å². The van der Waals surface area contributed by atoms with Crippen LogP contribution in [0.5, 0.6) is 0 Å². The van der Waals surface area contributed by atoms with Crippen LogP contribution in [0.3, 0.4) is 0 Å². The van der Waals surface area contributed by atoms with Gasteiger partial charge in [0.1, 0.15) is 22.4 Å². The number of aryl methyl sites for hydroxylation is 2. The number of benzene rings is 2. The van der Waals surface area contributed by atoms with Gasteiger partial charge in [0.15, 0.2) is 27.7 Å². The zero-order valence-electron chi connectivity index (χ0n) is 26.1. The molecule has 1 N–H and O–H groups in total. The van der Waals surface area contributed by atoms with Gasteiger partial charge in [0.25, 0.3) is 5.56 Å². The van der Waals surface area contributed by atoms with Crippen molar-refractivity contribution in [3.63, 3.8) is 0 Å². The zero-order valence-corrected chi connectivity index (χ0v) is 26.9. The van der Waals surface area contributed by atoms with Gasteiger partial charge in [0.05, 0.1) is 23.8 Å². The highest BCUT2D eigenvalue weighted by Gasteiger charge is 2.13. The lowest BCUT2D eigenvalue weighted by Crippen LogP contribution is -2.13.